The van der Waals surface area contributed by atoms with Gasteiger partial charge in [0.05, 0.1) is 12.2 Å². The van der Waals surface area contributed by atoms with Crippen molar-refractivity contribution < 1.29 is 14.3 Å². The Hall–Kier alpha value is -3.26. The van der Waals surface area contributed by atoms with E-state index in [0.29, 0.717) is 23.1 Å². The third-order valence-electron chi connectivity index (χ3n) is 4.03. The molecule has 142 valence electrons. The predicted molar refractivity (Wildman–Crippen MR) is 107 cm³/mol. The largest absolute Gasteiger partial charge is 0.470 e. The lowest BCUT2D eigenvalue weighted by Crippen LogP contribution is -2.14. The Morgan fingerprint density at radius 1 is 1.18 bits per heavy atom. The van der Waals surface area contributed by atoms with E-state index in [0.717, 1.165) is 16.9 Å². The molecule has 1 aromatic carbocycles. The van der Waals surface area contributed by atoms with Crippen LogP contribution < -0.4 is 4.90 Å². The second-order valence-electron chi connectivity index (χ2n) is 5.88. The molecule has 28 heavy (non-hydrogen) atoms. The van der Waals surface area contributed by atoms with Gasteiger partial charge in [0.1, 0.15) is 18.0 Å². The van der Waals surface area contributed by atoms with Crippen LogP contribution in [-0.4, -0.2) is 27.2 Å². The standard InChI is InChI=1S/C20H18N4O3S/c1-2-27-19(25)16-7-5-15(6-8-16)14-28-20-21-18(23-10-12-26-13-11-23)17-4-3-9-24(17)22-20/h3-13H,2,14H2,1H3. The van der Waals surface area contributed by atoms with Crippen LogP contribution in [-0.2, 0) is 15.2 Å². The molecule has 1 aliphatic heterocycles. The highest BCUT2D eigenvalue weighted by atomic mass is 32.2. The fourth-order valence-electron chi connectivity index (χ4n) is 2.69. The maximum atomic E-state index is 11.7. The number of carbonyl (C=O) groups is 1. The molecule has 0 saturated heterocycles. The minimum Gasteiger partial charge on any atom is -0.470 e. The first-order valence-corrected chi connectivity index (χ1v) is 9.74. The molecule has 0 amide bonds. The number of ether oxygens (including phenoxy) is 2. The number of thioether (sulfide) groups is 1. The quantitative estimate of drug-likeness (QED) is 0.463. The van der Waals surface area contributed by atoms with Crippen LogP contribution >= 0.6 is 11.8 Å². The minimum absolute atomic E-state index is 0.306. The number of hydrogen-bond donors (Lipinski definition) is 0. The van der Waals surface area contributed by atoms with E-state index < -0.39 is 0 Å². The van der Waals surface area contributed by atoms with Crippen LogP contribution in [0.1, 0.15) is 22.8 Å². The van der Waals surface area contributed by atoms with Gasteiger partial charge in [0, 0.05) is 24.3 Å². The van der Waals surface area contributed by atoms with Crippen molar-refractivity contribution in [3.05, 3.63) is 78.6 Å². The van der Waals surface area contributed by atoms with Crippen LogP contribution in [0.25, 0.3) is 5.52 Å². The Kier molecular flexibility index (Phi) is 5.29. The van der Waals surface area contributed by atoms with Crippen molar-refractivity contribution in [1.29, 1.82) is 0 Å². The smallest absolute Gasteiger partial charge is 0.338 e. The fourth-order valence-corrected chi connectivity index (χ4v) is 3.47. The van der Waals surface area contributed by atoms with E-state index >= 15 is 0 Å². The van der Waals surface area contributed by atoms with Crippen molar-refractivity contribution in [2.75, 3.05) is 11.5 Å². The average Bonchev–Trinajstić information content (AvgIpc) is 3.21. The monoisotopic (exact) mass is 394 g/mol. The number of aromatic nitrogens is 3. The van der Waals surface area contributed by atoms with Crippen LogP contribution in [0.5, 0.6) is 0 Å². The number of benzene rings is 1. The van der Waals surface area contributed by atoms with Crippen LogP contribution in [0, 0.1) is 0 Å². The van der Waals surface area contributed by atoms with Crippen molar-refractivity contribution in [3.8, 4) is 0 Å². The fraction of sp³-hybridized carbons (Fsp3) is 0.150. The summed E-state index contributed by atoms with van der Waals surface area (Å²) in [6.07, 6.45) is 8.70. The Labute approximate surface area is 166 Å². The summed E-state index contributed by atoms with van der Waals surface area (Å²) in [5.41, 5.74) is 2.52. The van der Waals surface area contributed by atoms with Gasteiger partial charge in [-0.2, -0.15) is 0 Å². The second kappa shape index (κ2) is 8.18. The SMILES string of the molecule is CCOC(=O)c1ccc(CSc2nc(N3C=COC=C3)c3cccn3n2)cc1. The van der Waals surface area contributed by atoms with Gasteiger partial charge in [0.25, 0.3) is 0 Å². The molecule has 0 N–H and O–H groups in total. The lowest BCUT2D eigenvalue weighted by Gasteiger charge is -2.18. The van der Waals surface area contributed by atoms with E-state index in [4.69, 9.17) is 14.5 Å². The zero-order valence-electron chi connectivity index (χ0n) is 15.2. The Bertz CT molecular complexity index is 1030. The maximum absolute atomic E-state index is 11.7. The Morgan fingerprint density at radius 3 is 2.71 bits per heavy atom. The van der Waals surface area contributed by atoms with Gasteiger partial charge in [-0.3, -0.25) is 0 Å². The number of hydrogen-bond acceptors (Lipinski definition) is 7. The highest BCUT2D eigenvalue weighted by Gasteiger charge is 2.14. The van der Waals surface area contributed by atoms with Crippen molar-refractivity contribution in [1.82, 2.24) is 14.6 Å². The minimum atomic E-state index is -0.306. The van der Waals surface area contributed by atoms with Gasteiger partial charge < -0.3 is 14.4 Å². The first-order valence-electron chi connectivity index (χ1n) is 8.76. The molecule has 0 aliphatic carbocycles. The number of esters is 1. The molecular weight excluding hydrogens is 376 g/mol. The molecule has 0 unspecified atom stereocenters. The summed E-state index contributed by atoms with van der Waals surface area (Å²) in [5.74, 6) is 1.15. The number of anilines is 1. The number of carbonyl (C=O) groups excluding carboxylic acids is 1. The average molecular weight is 394 g/mol. The Morgan fingerprint density at radius 2 is 1.96 bits per heavy atom. The normalized spacial score (nSPS) is 13.0. The predicted octanol–water partition coefficient (Wildman–Crippen LogP) is 3.98. The van der Waals surface area contributed by atoms with Gasteiger partial charge >= 0.3 is 5.97 Å². The summed E-state index contributed by atoms with van der Waals surface area (Å²) in [6, 6.07) is 11.3. The van der Waals surface area contributed by atoms with E-state index in [1.165, 1.54) is 11.8 Å². The summed E-state index contributed by atoms with van der Waals surface area (Å²) >= 11 is 1.53. The summed E-state index contributed by atoms with van der Waals surface area (Å²) in [6.45, 7) is 2.16. The molecule has 3 aromatic rings. The summed E-state index contributed by atoms with van der Waals surface area (Å²) in [5, 5.41) is 5.22. The van der Waals surface area contributed by atoms with Crippen molar-refractivity contribution in [2.24, 2.45) is 0 Å². The molecule has 7 nitrogen and oxygen atoms in total. The van der Waals surface area contributed by atoms with Crippen molar-refractivity contribution in [3.63, 3.8) is 0 Å². The molecule has 0 radical (unpaired) electrons. The zero-order chi connectivity index (χ0) is 19.3. The molecule has 3 heterocycles. The summed E-state index contributed by atoms with van der Waals surface area (Å²) in [4.78, 5) is 18.3. The molecule has 2 aromatic heterocycles. The van der Waals surface area contributed by atoms with Gasteiger partial charge in [-0.25, -0.2) is 14.3 Å². The van der Waals surface area contributed by atoms with Gasteiger partial charge in [0.2, 0.25) is 5.16 Å². The molecular formula is C20H18N4O3S. The molecule has 1 aliphatic rings. The molecule has 0 spiro atoms. The molecule has 4 rings (SSSR count). The van der Waals surface area contributed by atoms with Gasteiger partial charge in [-0.15, -0.1) is 5.10 Å². The molecule has 0 saturated carbocycles. The molecule has 0 bridgehead atoms. The van der Waals surface area contributed by atoms with Crippen molar-refractivity contribution in [2.45, 2.75) is 17.8 Å². The van der Waals surface area contributed by atoms with E-state index in [1.54, 1.807) is 44.0 Å². The van der Waals surface area contributed by atoms with E-state index in [-0.39, 0.29) is 5.97 Å². The number of rotatable bonds is 6. The van der Waals surface area contributed by atoms with Gasteiger partial charge in [-0.1, -0.05) is 23.9 Å². The topological polar surface area (TPSA) is 69.0 Å². The van der Waals surface area contributed by atoms with Crippen LogP contribution in [0.4, 0.5) is 5.82 Å². The highest BCUT2D eigenvalue weighted by Crippen LogP contribution is 2.26. The lowest BCUT2D eigenvalue weighted by atomic mass is 10.1. The lowest BCUT2D eigenvalue weighted by molar-refractivity contribution is 0.0526. The molecule has 0 atom stereocenters. The highest BCUT2D eigenvalue weighted by molar-refractivity contribution is 7.98. The van der Waals surface area contributed by atoms with Crippen molar-refractivity contribution >= 4 is 29.1 Å². The van der Waals surface area contributed by atoms with E-state index in [1.807, 2.05) is 39.9 Å². The second-order valence-corrected chi connectivity index (χ2v) is 6.82. The first kappa shape index (κ1) is 18.1. The van der Waals surface area contributed by atoms with E-state index in [2.05, 4.69) is 5.10 Å². The maximum Gasteiger partial charge on any atom is 0.338 e. The first-order chi connectivity index (χ1) is 13.7. The van der Waals surface area contributed by atoms with Gasteiger partial charge in [0.15, 0.2) is 5.82 Å². The third kappa shape index (κ3) is 3.86. The number of fused-ring (bicyclic) bond motifs is 1. The number of nitrogens with zero attached hydrogens (tertiary/aromatic N) is 4. The van der Waals surface area contributed by atoms with Crippen LogP contribution in [0.3, 0.4) is 0 Å². The summed E-state index contributed by atoms with van der Waals surface area (Å²) in [7, 11) is 0. The van der Waals surface area contributed by atoms with E-state index in [9.17, 15) is 4.79 Å². The molecule has 0 fully saturated rings. The van der Waals surface area contributed by atoms with Crippen LogP contribution in [0.2, 0.25) is 0 Å². The summed E-state index contributed by atoms with van der Waals surface area (Å²) < 4.78 is 11.9. The Balaban J connectivity index is 1.52. The molecule has 8 heteroatoms. The third-order valence-corrected chi connectivity index (χ3v) is 4.94. The van der Waals surface area contributed by atoms with Gasteiger partial charge in [-0.05, 0) is 36.8 Å². The zero-order valence-corrected chi connectivity index (χ0v) is 16.0. The van der Waals surface area contributed by atoms with Crippen LogP contribution in [0.15, 0.2) is 72.7 Å².